The van der Waals surface area contributed by atoms with E-state index in [2.05, 4.69) is 10.4 Å². The first-order valence-electron chi connectivity index (χ1n) is 7.11. The molecule has 0 aliphatic heterocycles. The normalized spacial score (nSPS) is 14.8. The molecule has 0 unspecified atom stereocenters. The summed E-state index contributed by atoms with van der Waals surface area (Å²) in [5.41, 5.74) is 4.56. The fraction of sp³-hybridized carbons (Fsp3) is 0.438. The summed E-state index contributed by atoms with van der Waals surface area (Å²) in [5.74, 6) is -0.217. The molecule has 1 N–H and O–H groups in total. The van der Waals surface area contributed by atoms with Gasteiger partial charge in [-0.3, -0.25) is 0 Å². The summed E-state index contributed by atoms with van der Waals surface area (Å²) in [6.45, 7) is 6.67. The summed E-state index contributed by atoms with van der Waals surface area (Å²) in [6.07, 6.45) is 2.48. The average Bonchev–Trinajstić information content (AvgIpc) is 3.21. The number of hydrogen-bond acceptors (Lipinski definition) is 2. The Labute approximate surface area is 118 Å². The Morgan fingerprint density at radius 3 is 2.60 bits per heavy atom. The molecular weight excluding hydrogens is 253 g/mol. The zero-order valence-corrected chi connectivity index (χ0v) is 12.2. The molecule has 0 amide bonds. The van der Waals surface area contributed by atoms with Crippen LogP contribution in [0.5, 0.6) is 0 Å². The minimum atomic E-state index is -0.217. The topological polar surface area (TPSA) is 29.9 Å². The van der Waals surface area contributed by atoms with Crippen LogP contribution in [0.2, 0.25) is 0 Å². The van der Waals surface area contributed by atoms with E-state index < -0.39 is 0 Å². The second-order valence-electron chi connectivity index (χ2n) is 5.65. The molecule has 4 heteroatoms. The Kier molecular flexibility index (Phi) is 3.34. The summed E-state index contributed by atoms with van der Waals surface area (Å²) in [5, 5.41) is 7.81. The van der Waals surface area contributed by atoms with Crippen LogP contribution >= 0.6 is 0 Å². The van der Waals surface area contributed by atoms with Gasteiger partial charge in [-0.25, -0.2) is 9.07 Å². The van der Waals surface area contributed by atoms with Crippen LogP contribution < -0.4 is 5.32 Å². The largest absolute Gasteiger partial charge is 0.310 e. The second kappa shape index (κ2) is 5.02. The van der Waals surface area contributed by atoms with Crippen LogP contribution in [-0.2, 0) is 6.54 Å². The van der Waals surface area contributed by atoms with E-state index in [1.165, 1.54) is 12.8 Å². The van der Waals surface area contributed by atoms with Gasteiger partial charge in [0, 0.05) is 18.3 Å². The van der Waals surface area contributed by atoms with E-state index in [4.69, 9.17) is 0 Å². The molecule has 0 saturated heterocycles. The molecule has 106 valence electrons. The SMILES string of the molecule is Cc1nn(-c2ccc(CNC3CC3)cc2F)c(C)c1C. The molecule has 1 aliphatic rings. The highest BCUT2D eigenvalue weighted by molar-refractivity contribution is 5.39. The van der Waals surface area contributed by atoms with Crippen molar-refractivity contribution in [1.29, 1.82) is 0 Å². The number of aryl methyl sites for hydroxylation is 1. The first kappa shape index (κ1) is 13.3. The molecule has 1 aliphatic carbocycles. The fourth-order valence-corrected chi connectivity index (χ4v) is 2.34. The molecular formula is C16H20FN3. The van der Waals surface area contributed by atoms with Crippen molar-refractivity contribution in [3.63, 3.8) is 0 Å². The number of rotatable bonds is 4. The van der Waals surface area contributed by atoms with Gasteiger partial charge in [0.2, 0.25) is 0 Å². The molecule has 0 atom stereocenters. The molecule has 3 rings (SSSR count). The molecule has 1 aromatic heterocycles. The first-order valence-corrected chi connectivity index (χ1v) is 7.11. The Bertz CT molecular complexity index is 641. The van der Waals surface area contributed by atoms with E-state index in [9.17, 15) is 4.39 Å². The number of benzene rings is 1. The van der Waals surface area contributed by atoms with Gasteiger partial charge in [0.25, 0.3) is 0 Å². The Balaban J connectivity index is 1.87. The van der Waals surface area contributed by atoms with E-state index in [1.54, 1.807) is 10.7 Å². The summed E-state index contributed by atoms with van der Waals surface area (Å²) in [6, 6.07) is 6.03. The lowest BCUT2D eigenvalue weighted by atomic mass is 10.2. The average molecular weight is 273 g/mol. The number of aromatic nitrogens is 2. The van der Waals surface area contributed by atoms with Crippen LogP contribution in [0.1, 0.15) is 35.4 Å². The number of nitrogens with one attached hydrogen (secondary N) is 1. The van der Waals surface area contributed by atoms with Crippen LogP contribution in [0.3, 0.4) is 0 Å². The van der Waals surface area contributed by atoms with E-state index in [0.29, 0.717) is 11.7 Å². The highest BCUT2D eigenvalue weighted by atomic mass is 19.1. The van der Waals surface area contributed by atoms with Crippen molar-refractivity contribution in [2.75, 3.05) is 0 Å². The summed E-state index contributed by atoms with van der Waals surface area (Å²) < 4.78 is 16.0. The van der Waals surface area contributed by atoms with E-state index in [-0.39, 0.29) is 5.82 Å². The standard InChI is InChI=1S/C16H20FN3/c1-10-11(2)19-20(12(10)3)16-7-4-13(8-15(16)17)9-18-14-5-6-14/h4,7-8,14,18H,5-6,9H2,1-3H3. The molecule has 20 heavy (non-hydrogen) atoms. The van der Waals surface area contributed by atoms with Crippen LogP contribution in [-0.4, -0.2) is 15.8 Å². The maximum Gasteiger partial charge on any atom is 0.149 e. The minimum absolute atomic E-state index is 0.217. The van der Waals surface area contributed by atoms with E-state index in [0.717, 1.165) is 29.1 Å². The molecule has 2 aromatic rings. The number of halogens is 1. The molecule has 1 heterocycles. The summed E-state index contributed by atoms with van der Waals surface area (Å²) in [7, 11) is 0. The summed E-state index contributed by atoms with van der Waals surface area (Å²) >= 11 is 0. The van der Waals surface area contributed by atoms with Gasteiger partial charge in [-0.2, -0.15) is 5.10 Å². The first-order chi connectivity index (χ1) is 9.56. The zero-order chi connectivity index (χ0) is 14.3. The molecule has 0 radical (unpaired) electrons. The van der Waals surface area contributed by atoms with Crippen molar-refractivity contribution in [2.45, 2.75) is 46.2 Å². The molecule has 1 aromatic carbocycles. The molecule has 1 saturated carbocycles. The fourth-order valence-electron chi connectivity index (χ4n) is 2.34. The highest BCUT2D eigenvalue weighted by Crippen LogP contribution is 2.22. The van der Waals surface area contributed by atoms with Crippen LogP contribution in [0, 0.1) is 26.6 Å². The molecule has 3 nitrogen and oxygen atoms in total. The lowest BCUT2D eigenvalue weighted by Gasteiger charge is -2.09. The zero-order valence-electron chi connectivity index (χ0n) is 12.2. The van der Waals surface area contributed by atoms with Gasteiger partial charge < -0.3 is 5.32 Å². The minimum Gasteiger partial charge on any atom is -0.310 e. The Hall–Kier alpha value is -1.68. The van der Waals surface area contributed by atoms with E-state index in [1.807, 2.05) is 32.9 Å². The van der Waals surface area contributed by atoms with Crippen LogP contribution in [0.15, 0.2) is 18.2 Å². The van der Waals surface area contributed by atoms with Crippen molar-refractivity contribution in [1.82, 2.24) is 15.1 Å². The lowest BCUT2D eigenvalue weighted by Crippen LogP contribution is -2.15. The van der Waals surface area contributed by atoms with Crippen molar-refractivity contribution in [3.05, 3.63) is 46.5 Å². The van der Waals surface area contributed by atoms with Gasteiger partial charge in [-0.1, -0.05) is 6.07 Å². The molecule has 0 spiro atoms. The van der Waals surface area contributed by atoms with Gasteiger partial charge >= 0.3 is 0 Å². The van der Waals surface area contributed by atoms with Gasteiger partial charge in [-0.15, -0.1) is 0 Å². The van der Waals surface area contributed by atoms with Crippen molar-refractivity contribution >= 4 is 0 Å². The quantitative estimate of drug-likeness (QED) is 0.927. The van der Waals surface area contributed by atoms with Crippen molar-refractivity contribution in [3.8, 4) is 5.69 Å². The lowest BCUT2D eigenvalue weighted by molar-refractivity contribution is 0.601. The van der Waals surface area contributed by atoms with Gasteiger partial charge in [0.1, 0.15) is 11.5 Å². The predicted molar refractivity (Wildman–Crippen MR) is 77.6 cm³/mol. The Morgan fingerprint density at radius 1 is 1.30 bits per heavy atom. The number of hydrogen-bond donors (Lipinski definition) is 1. The van der Waals surface area contributed by atoms with E-state index >= 15 is 0 Å². The number of nitrogens with zero attached hydrogens (tertiary/aromatic N) is 2. The third-order valence-electron chi connectivity index (χ3n) is 4.07. The van der Waals surface area contributed by atoms with Crippen molar-refractivity contribution in [2.24, 2.45) is 0 Å². The monoisotopic (exact) mass is 273 g/mol. The predicted octanol–water partition coefficient (Wildman–Crippen LogP) is 3.19. The Morgan fingerprint density at radius 2 is 2.05 bits per heavy atom. The third kappa shape index (κ3) is 2.48. The molecule has 1 fully saturated rings. The van der Waals surface area contributed by atoms with Gasteiger partial charge in [-0.05, 0) is 56.9 Å². The maximum atomic E-state index is 14.3. The molecule has 0 bridgehead atoms. The smallest absolute Gasteiger partial charge is 0.149 e. The maximum absolute atomic E-state index is 14.3. The third-order valence-corrected chi connectivity index (χ3v) is 4.07. The van der Waals surface area contributed by atoms with Gasteiger partial charge in [0.05, 0.1) is 5.69 Å². The second-order valence-corrected chi connectivity index (χ2v) is 5.65. The van der Waals surface area contributed by atoms with Gasteiger partial charge in [0.15, 0.2) is 0 Å². The highest BCUT2D eigenvalue weighted by Gasteiger charge is 2.20. The van der Waals surface area contributed by atoms with Crippen LogP contribution in [0.25, 0.3) is 5.69 Å². The van der Waals surface area contributed by atoms with Crippen LogP contribution in [0.4, 0.5) is 4.39 Å². The van der Waals surface area contributed by atoms with Crippen molar-refractivity contribution < 1.29 is 4.39 Å². The summed E-state index contributed by atoms with van der Waals surface area (Å²) in [4.78, 5) is 0.